The summed E-state index contributed by atoms with van der Waals surface area (Å²) in [6, 6.07) is 9.60. The van der Waals surface area contributed by atoms with Crippen molar-refractivity contribution in [3.05, 3.63) is 87.6 Å². The summed E-state index contributed by atoms with van der Waals surface area (Å²) in [4.78, 5) is 16.4. The van der Waals surface area contributed by atoms with E-state index in [0.29, 0.717) is 5.56 Å². The third-order valence-corrected chi connectivity index (χ3v) is 6.19. The van der Waals surface area contributed by atoms with Crippen LogP contribution in [0.15, 0.2) is 48.5 Å². The van der Waals surface area contributed by atoms with E-state index in [-0.39, 0.29) is 40.5 Å². The quantitative estimate of drug-likeness (QED) is 0.367. The minimum atomic E-state index is -4.72. The number of carbonyl (C=O) groups excluding carboxylic acids is 1. The van der Waals surface area contributed by atoms with Crippen LogP contribution in [0.25, 0.3) is 11.3 Å². The van der Waals surface area contributed by atoms with Gasteiger partial charge in [0.1, 0.15) is 17.3 Å². The zero-order chi connectivity index (χ0) is 26.6. The predicted molar refractivity (Wildman–Crippen MR) is 127 cm³/mol. The summed E-state index contributed by atoms with van der Waals surface area (Å²) in [7, 11) is -1.32. The van der Waals surface area contributed by atoms with Gasteiger partial charge in [0, 0.05) is 30.5 Å². The number of alkyl halides is 3. The normalized spacial score (nSPS) is 13.3. The fourth-order valence-corrected chi connectivity index (χ4v) is 3.86. The van der Waals surface area contributed by atoms with Gasteiger partial charge >= 0.3 is 6.18 Å². The molecule has 5 nitrogen and oxygen atoms in total. The zero-order valence-corrected chi connectivity index (χ0v) is 20.6. The van der Waals surface area contributed by atoms with Crippen molar-refractivity contribution in [3.8, 4) is 11.3 Å². The first-order valence-corrected chi connectivity index (χ1v) is 12.5. The van der Waals surface area contributed by atoms with E-state index in [9.17, 15) is 31.0 Å². The van der Waals surface area contributed by atoms with Crippen molar-refractivity contribution in [2.24, 2.45) is 0 Å². The lowest BCUT2D eigenvalue weighted by Crippen LogP contribution is -2.28. The second-order valence-corrected chi connectivity index (χ2v) is 9.50. The van der Waals surface area contributed by atoms with Crippen LogP contribution in [-0.4, -0.2) is 21.4 Å². The highest BCUT2D eigenvalue weighted by molar-refractivity contribution is 7.82. The molecule has 0 saturated carbocycles. The van der Waals surface area contributed by atoms with E-state index < -0.39 is 46.3 Å². The fraction of sp³-hybridized carbons (Fsp3) is 0.250. The van der Waals surface area contributed by atoms with Crippen molar-refractivity contribution in [1.82, 2.24) is 15.0 Å². The Morgan fingerprint density at radius 3 is 2.33 bits per heavy atom. The van der Waals surface area contributed by atoms with Gasteiger partial charge in [0.2, 0.25) is 5.91 Å². The molecule has 3 aromatic rings. The van der Waals surface area contributed by atoms with Gasteiger partial charge in [0.15, 0.2) is 0 Å². The molecule has 0 spiro atoms. The van der Waals surface area contributed by atoms with Crippen molar-refractivity contribution in [2.45, 2.75) is 32.1 Å². The molecule has 2 N–H and O–H groups in total. The predicted octanol–water partition coefficient (Wildman–Crippen LogP) is 5.50. The van der Waals surface area contributed by atoms with Crippen molar-refractivity contribution in [3.63, 3.8) is 0 Å². The topological polar surface area (TPSA) is 71.1 Å². The van der Waals surface area contributed by atoms with Gasteiger partial charge in [-0.15, -0.1) is 0 Å². The largest absolute Gasteiger partial charge is 0.433 e. The lowest BCUT2D eigenvalue weighted by Gasteiger charge is -2.16. The van der Waals surface area contributed by atoms with Gasteiger partial charge in [0.05, 0.1) is 27.6 Å². The van der Waals surface area contributed by atoms with Crippen LogP contribution in [0.3, 0.4) is 0 Å². The second-order valence-electron chi connectivity index (χ2n) is 7.90. The van der Waals surface area contributed by atoms with Crippen molar-refractivity contribution < 1.29 is 31.0 Å². The van der Waals surface area contributed by atoms with Crippen LogP contribution in [0.5, 0.6) is 0 Å². The first kappa shape index (κ1) is 27.7. The number of pyridine rings is 1. The van der Waals surface area contributed by atoms with Gasteiger partial charge in [-0.3, -0.25) is 4.79 Å². The second kappa shape index (κ2) is 11.4. The van der Waals surface area contributed by atoms with Crippen molar-refractivity contribution in [1.29, 1.82) is 0 Å². The molecule has 1 heterocycles. The summed E-state index contributed by atoms with van der Waals surface area (Å²) in [5.74, 6) is -2.61. The molecule has 0 aliphatic heterocycles. The zero-order valence-electron chi connectivity index (χ0n) is 19.1. The Balaban J connectivity index is 1.81. The Bertz CT molecular complexity index is 1300. The van der Waals surface area contributed by atoms with E-state index in [1.807, 2.05) is 0 Å². The summed E-state index contributed by atoms with van der Waals surface area (Å²) < 4.78 is 81.5. The van der Waals surface area contributed by atoms with Gasteiger partial charge in [0.25, 0.3) is 0 Å². The molecule has 1 aromatic heterocycles. The molecule has 2 atom stereocenters. The van der Waals surface area contributed by atoms with Gasteiger partial charge in [-0.25, -0.2) is 22.7 Å². The molecule has 0 saturated heterocycles. The average Bonchev–Trinajstić information content (AvgIpc) is 2.82. The Hall–Kier alpha value is -2.89. The van der Waals surface area contributed by atoms with Crippen molar-refractivity contribution >= 4 is 28.5 Å². The van der Waals surface area contributed by atoms with Crippen molar-refractivity contribution in [2.75, 3.05) is 6.26 Å². The highest BCUT2D eigenvalue weighted by Crippen LogP contribution is 2.32. The number of nitrogens with zero attached hydrogens (tertiary/aromatic N) is 1. The first-order valence-electron chi connectivity index (χ1n) is 10.5. The van der Waals surface area contributed by atoms with E-state index in [1.54, 1.807) is 13.0 Å². The van der Waals surface area contributed by atoms with E-state index in [1.165, 1.54) is 30.5 Å². The molecular formula is C24H21ClF5N3O2S. The molecule has 12 heteroatoms. The monoisotopic (exact) mass is 545 g/mol. The molecule has 0 fully saturated rings. The summed E-state index contributed by atoms with van der Waals surface area (Å²) in [5, 5.41) is 2.33. The summed E-state index contributed by atoms with van der Waals surface area (Å²) in [6.07, 6.45) is -3.30. The van der Waals surface area contributed by atoms with Crippen LogP contribution >= 0.6 is 11.6 Å². The maximum Gasteiger partial charge on any atom is 0.433 e. The molecular weight excluding hydrogens is 525 g/mol. The number of aromatic nitrogens is 1. The highest BCUT2D eigenvalue weighted by Gasteiger charge is 2.33. The lowest BCUT2D eigenvalue weighted by molar-refractivity contribution is -0.141. The van der Waals surface area contributed by atoms with Crippen LogP contribution in [0.4, 0.5) is 22.0 Å². The third kappa shape index (κ3) is 6.86. The van der Waals surface area contributed by atoms with Crippen LogP contribution in [0, 0.1) is 11.6 Å². The molecule has 0 aliphatic carbocycles. The van der Waals surface area contributed by atoms with Crippen LogP contribution in [0.1, 0.15) is 35.2 Å². The lowest BCUT2D eigenvalue weighted by atomic mass is 9.98. The standard InChI is InChI=1S/C24H21ClF5N3O2S/c1-13(14-3-4-16(20(27)10-14)12-32-36(2)35)23(34)31-11-17-6-8-21(24(28,29)30)33-22(17)15-5-7-19(26)18(25)9-15/h3-10,13,32H,11-12H2,1-2H3,(H,31,34)/t13-,36?/m1/s1. The average molecular weight is 546 g/mol. The molecule has 0 aliphatic rings. The van der Waals surface area contributed by atoms with E-state index in [0.717, 1.165) is 18.2 Å². The highest BCUT2D eigenvalue weighted by atomic mass is 35.5. The molecule has 2 aromatic carbocycles. The number of carbonyl (C=O) groups is 1. The smallest absolute Gasteiger partial charge is 0.351 e. The molecule has 1 unspecified atom stereocenters. The molecule has 1 amide bonds. The SMILES string of the molecule is C[C@@H](C(=O)NCc1ccc(C(F)(F)F)nc1-c1ccc(F)c(Cl)c1)c1ccc(CNS(C)=O)c(F)c1. The van der Waals surface area contributed by atoms with Gasteiger partial charge in [-0.05, 0) is 48.4 Å². The van der Waals surface area contributed by atoms with Gasteiger partial charge < -0.3 is 5.32 Å². The number of hydrogen-bond donors (Lipinski definition) is 2. The number of rotatable bonds is 8. The number of nitrogens with one attached hydrogen (secondary N) is 2. The van der Waals surface area contributed by atoms with Gasteiger partial charge in [-0.1, -0.05) is 29.8 Å². The molecule has 3 rings (SSSR count). The Morgan fingerprint density at radius 2 is 1.72 bits per heavy atom. The van der Waals surface area contributed by atoms with Crippen LogP contribution in [-0.2, 0) is 35.0 Å². The maximum absolute atomic E-state index is 14.4. The Kier molecular flexibility index (Phi) is 8.80. The number of amides is 1. The number of benzene rings is 2. The molecule has 192 valence electrons. The minimum absolute atomic E-state index is 0.0485. The third-order valence-electron chi connectivity index (χ3n) is 5.35. The fourth-order valence-electron chi connectivity index (χ4n) is 3.32. The Labute approximate surface area is 211 Å². The maximum atomic E-state index is 14.4. The number of hydrogen-bond acceptors (Lipinski definition) is 3. The summed E-state index contributed by atoms with van der Waals surface area (Å²) >= 11 is 5.80. The summed E-state index contributed by atoms with van der Waals surface area (Å²) in [5.41, 5.74) is -0.229. The number of halogens is 6. The molecule has 36 heavy (non-hydrogen) atoms. The molecule has 0 radical (unpaired) electrons. The minimum Gasteiger partial charge on any atom is -0.351 e. The van der Waals surface area contributed by atoms with Crippen LogP contribution in [0.2, 0.25) is 5.02 Å². The van der Waals surface area contributed by atoms with E-state index in [4.69, 9.17) is 11.6 Å². The van der Waals surface area contributed by atoms with Gasteiger partial charge in [-0.2, -0.15) is 13.2 Å². The van der Waals surface area contributed by atoms with E-state index >= 15 is 0 Å². The first-order chi connectivity index (χ1) is 16.9. The summed E-state index contributed by atoms with van der Waals surface area (Å²) in [6.45, 7) is 1.41. The van der Waals surface area contributed by atoms with Crippen LogP contribution < -0.4 is 10.0 Å². The molecule has 0 bridgehead atoms. The Morgan fingerprint density at radius 1 is 1.03 bits per heavy atom. The van der Waals surface area contributed by atoms with E-state index in [2.05, 4.69) is 15.0 Å².